The number of hydrogen-bond donors (Lipinski definition) is 2. The van der Waals surface area contributed by atoms with Gasteiger partial charge in [0.25, 0.3) is 5.91 Å². The number of ether oxygens (including phenoxy) is 1. The highest BCUT2D eigenvalue weighted by atomic mass is 16.5. The van der Waals surface area contributed by atoms with E-state index in [9.17, 15) is 9.90 Å². The minimum Gasteiger partial charge on any atom is -0.497 e. The number of aliphatic hydroxyl groups is 1. The van der Waals surface area contributed by atoms with Gasteiger partial charge in [0.05, 0.1) is 18.8 Å². The standard InChI is InChI=1S/C14H20N2O3/c1-9-5-6-16(8-13(9)17)14(18)11-7-10(19-2)3-4-12(11)15/h3-4,7,9,13,17H,5-6,8,15H2,1-2H3. The number of aliphatic hydroxyl groups excluding tert-OH is 1. The number of anilines is 1. The normalized spacial score (nSPS) is 23.2. The number of amides is 1. The van der Waals surface area contributed by atoms with Gasteiger partial charge in [0, 0.05) is 18.8 Å². The van der Waals surface area contributed by atoms with E-state index in [0.29, 0.717) is 30.1 Å². The van der Waals surface area contributed by atoms with Gasteiger partial charge < -0.3 is 20.5 Å². The molecule has 104 valence electrons. The molecule has 1 aromatic carbocycles. The van der Waals surface area contributed by atoms with Crippen molar-refractivity contribution in [1.82, 2.24) is 4.90 Å². The minimum absolute atomic E-state index is 0.151. The molecule has 0 aliphatic carbocycles. The van der Waals surface area contributed by atoms with Crippen LogP contribution in [0.5, 0.6) is 5.75 Å². The predicted octanol–water partition coefficient (Wildman–Crippen LogP) is 1.12. The molecule has 0 radical (unpaired) electrons. The van der Waals surface area contributed by atoms with Crippen LogP contribution in [0.1, 0.15) is 23.7 Å². The first kappa shape index (κ1) is 13.7. The third kappa shape index (κ3) is 2.81. The lowest BCUT2D eigenvalue weighted by molar-refractivity contribution is 0.0249. The number of rotatable bonds is 2. The quantitative estimate of drug-likeness (QED) is 0.785. The number of benzene rings is 1. The van der Waals surface area contributed by atoms with Gasteiger partial charge in [-0.25, -0.2) is 0 Å². The summed E-state index contributed by atoms with van der Waals surface area (Å²) in [5.74, 6) is 0.678. The summed E-state index contributed by atoms with van der Waals surface area (Å²) in [6, 6.07) is 5.02. The molecule has 1 amide bonds. The predicted molar refractivity (Wildman–Crippen MR) is 73.1 cm³/mol. The second kappa shape index (κ2) is 5.48. The van der Waals surface area contributed by atoms with E-state index >= 15 is 0 Å². The van der Waals surface area contributed by atoms with Gasteiger partial charge in [0.15, 0.2) is 0 Å². The fraction of sp³-hybridized carbons (Fsp3) is 0.500. The van der Waals surface area contributed by atoms with E-state index in [1.165, 1.54) is 0 Å². The van der Waals surface area contributed by atoms with E-state index in [1.54, 1.807) is 30.2 Å². The van der Waals surface area contributed by atoms with Crippen LogP contribution >= 0.6 is 0 Å². The largest absolute Gasteiger partial charge is 0.497 e. The van der Waals surface area contributed by atoms with Gasteiger partial charge in [-0.2, -0.15) is 0 Å². The zero-order valence-electron chi connectivity index (χ0n) is 11.3. The maximum absolute atomic E-state index is 12.4. The fourth-order valence-electron chi connectivity index (χ4n) is 2.25. The number of methoxy groups -OCH3 is 1. The van der Waals surface area contributed by atoms with E-state index in [4.69, 9.17) is 10.5 Å². The Morgan fingerprint density at radius 1 is 1.53 bits per heavy atom. The molecule has 1 aliphatic rings. The van der Waals surface area contributed by atoms with Gasteiger partial charge in [-0.15, -0.1) is 0 Å². The lowest BCUT2D eigenvalue weighted by Crippen LogP contribution is -2.46. The van der Waals surface area contributed by atoms with Crippen LogP contribution in [0.2, 0.25) is 0 Å². The molecule has 5 heteroatoms. The van der Waals surface area contributed by atoms with Crippen molar-refractivity contribution in [1.29, 1.82) is 0 Å². The Morgan fingerprint density at radius 2 is 2.26 bits per heavy atom. The number of hydrogen-bond acceptors (Lipinski definition) is 4. The van der Waals surface area contributed by atoms with Gasteiger partial charge in [0.2, 0.25) is 0 Å². The Morgan fingerprint density at radius 3 is 2.89 bits per heavy atom. The first-order valence-corrected chi connectivity index (χ1v) is 6.43. The van der Waals surface area contributed by atoms with Gasteiger partial charge >= 0.3 is 0 Å². The third-order valence-corrected chi connectivity index (χ3v) is 3.70. The lowest BCUT2D eigenvalue weighted by atomic mass is 9.95. The maximum Gasteiger partial charge on any atom is 0.256 e. The van der Waals surface area contributed by atoms with Crippen molar-refractivity contribution in [2.45, 2.75) is 19.4 Å². The zero-order chi connectivity index (χ0) is 14.0. The Bertz CT molecular complexity index is 476. The van der Waals surface area contributed by atoms with Crippen LogP contribution in [0.15, 0.2) is 18.2 Å². The van der Waals surface area contributed by atoms with Crippen molar-refractivity contribution in [2.75, 3.05) is 25.9 Å². The highest BCUT2D eigenvalue weighted by Gasteiger charge is 2.28. The van der Waals surface area contributed by atoms with Crippen LogP contribution in [-0.2, 0) is 0 Å². The number of nitrogens with zero attached hydrogens (tertiary/aromatic N) is 1. The van der Waals surface area contributed by atoms with Crippen LogP contribution in [-0.4, -0.2) is 42.2 Å². The monoisotopic (exact) mass is 264 g/mol. The molecule has 1 fully saturated rings. The summed E-state index contributed by atoms with van der Waals surface area (Å²) in [7, 11) is 1.55. The molecule has 1 aromatic rings. The van der Waals surface area contributed by atoms with Gasteiger partial charge in [-0.05, 0) is 30.5 Å². The Kier molecular flexibility index (Phi) is 3.95. The molecule has 19 heavy (non-hydrogen) atoms. The third-order valence-electron chi connectivity index (χ3n) is 3.70. The zero-order valence-corrected chi connectivity index (χ0v) is 11.3. The van der Waals surface area contributed by atoms with Crippen LogP contribution in [0.25, 0.3) is 0 Å². The van der Waals surface area contributed by atoms with E-state index in [1.807, 2.05) is 6.92 Å². The Hall–Kier alpha value is -1.75. The number of nitrogen functional groups attached to an aromatic ring is 1. The molecule has 0 bridgehead atoms. The second-order valence-electron chi connectivity index (χ2n) is 5.04. The molecule has 2 rings (SSSR count). The molecule has 0 spiro atoms. The van der Waals surface area contributed by atoms with E-state index in [2.05, 4.69) is 0 Å². The van der Waals surface area contributed by atoms with Crippen molar-refractivity contribution in [3.8, 4) is 5.75 Å². The van der Waals surface area contributed by atoms with Crippen molar-refractivity contribution in [3.05, 3.63) is 23.8 Å². The summed E-state index contributed by atoms with van der Waals surface area (Å²) in [4.78, 5) is 14.1. The van der Waals surface area contributed by atoms with Crippen LogP contribution in [0.4, 0.5) is 5.69 Å². The summed E-state index contributed by atoms with van der Waals surface area (Å²) in [6.45, 7) is 3.00. The van der Waals surface area contributed by atoms with Gasteiger partial charge in [-0.1, -0.05) is 6.92 Å². The molecule has 0 saturated carbocycles. The first-order chi connectivity index (χ1) is 9.02. The highest BCUT2D eigenvalue weighted by molar-refractivity contribution is 5.99. The van der Waals surface area contributed by atoms with Crippen molar-refractivity contribution >= 4 is 11.6 Å². The average molecular weight is 264 g/mol. The SMILES string of the molecule is COc1ccc(N)c(C(=O)N2CCC(C)C(O)C2)c1. The van der Waals surface area contributed by atoms with E-state index < -0.39 is 6.10 Å². The van der Waals surface area contributed by atoms with Gasteiger partial charge in [0.1, 0.15) is 5.75 Å². The second-order valence-corrected chi connectivity index (χ2v) is 5.04. The van der Waals surface area contributed by atoms with E-state index in [0.717, 1.165) is 6.42 Å². The molecule has 2 atom stereocenters. The van der Waals surface area contributed by atoms with Crippen molar-refractivity contribution in [2.24, 2.45) is 5.92 Å². The molecular weight excluding hydrogens is 244 g/mol. The van der Waals surface area contributed by atoms with Gasteiger partial charge in [-0.3, -0.25) is 4.79 Å². The molecule has 3 N–H and O–H groups in total. The number of β-amino-alcohol motifs (C(OH)–C–C–N with tert-alkyl or cyclic N) is 1. The van der Waals surface area contributed by atoms with E-state index in [-0.39, 0.29) is 11.8 Å². The number of piperidine rings is 1. The fourth-order valence-corrected chi connectivity index (χ4v) is 2.25. The molecule has 2 unspecified atom stereocenters. The molecule has 5 nitrogen and oxygen atoms in total. The molecule has 1 saturated heterocycles. The number of nitrogens with two attached hydrogens (primary N) is 1. The van der Waals surface area contributed by atoms with Crippen LogP contribution in [0, 0.1) is 5.92 Å². The summed E-state index contributed by atoms with van der Waals surface area (Å²) >= 11 is 0. The summed E-state index contributed by atoms with van der Waals surface area (Å²) < 4.78 is 5.11. The summed E-state index contributed by atoms with van der Waals surface area (Å²) in [6.07, 6.45) is 0.334. The highest BCUT2D eigenvalue weighted by Crippen LogP contribution is 2.24. The topological polar surface area (TPSA) is 75.8 Å². The molecule has 0 aromatic heterocycles. The minimum atomic E-state index is -0.468. The Labute approximate surface area is 113 Å². The Balaban J connectivity index is 2.20. The molecular formula is C14H20N2O3. The lowest BCUT2D eigenvalue weighted by Gasteiger charge is -2.34. The number of carbonyl (C=O) groups excluding carboxylic acids is 1. The smallest absolute Gasteiger partial charge is 0.256 e. The molecule has 1 heterocycles. The van der Waals surface area contributed by atoms with Crippen molar-refractivity contribution < 1.29 is 14.6 Å². The summed E-state index contributed by atoms with van der Waals surface area (Å²) in [5, 5.41) is 9.86. The maximum atomic E-state index is 12.4. The molecule has 1 aliphatic heterocycles. The first-order valence-electron chi connectivity index (χ1n) is 6.43. The summed E-state index contributed by atoms with van der Waals surface area (Å²) in [5.41, 5.74) is 6.71. The van der Waals surface area contributed by atoms with Crippen LogP contribution in [0.3, 0.4) is 0 Å². The van der Waals surface area contributed by atoms with Crippen LogP contribution < -0.4 is 10.5 Å². The van der Waals surface area contributed by atoms with Crippen molar-refractivity contribution in [3.63, 3.8) is 0 Å². The average Bonchev–Trinajstić information content (AvgIpc) is 2.41. The number of likely N-dealkylation sites (tertiary alicyclic amines) is 1. The number of carbonyl (C=O) groups is 1.